The van der Waals surface area contributed by atoms with Crippen LogP contribution in [-0.4, -0.2) is 6.73 Å². The maximum absolute atomic E-state index is 12.1. The number of unbranched alkanes of at least 4 members (excludes halogenated alkanes) is 1. The van der Waals surface area contributed by atoms with Crippen molar-refractivity contribution in [3.05, 3.63) is 68.0 Å². The van der Waals surface area contributed by atoms with Gasteiger partial charge in [0.15, 0.2) is 6.73 Å². The van der Waals surface area contributed by atoms with Gasteiger partial charge >= 0.3 is 5.63 Å². The van der Waals surface area contributed by atoms with E-state index in [1.54, 1.807) is 12.1 Å². The van der Waals surface area contributed by atoms with Crippen LogP contribution in [0.1, 0.15) is 30.9 Å². The first-order valence-electron chi connectivity index (χ1n) is 8.99. The van der Waals surface area contributed by atoms with Crippen molar-refractivity contribution >= 4 is 39.9 Å². The van der Waals surface area contributed by atoms with Crippen molar-refractivity contribution in [3.8, 4) is 5.75 Å². The fraction of sp³-hybridized carbons (Fsp3) is 0.286. The van der Waals surface area contributed by atoms with Crippen molar-refractivity contribution in [2.75, 3.05) is 11.6 Å². The van der Waals surface area contributed by atoms with Gasteiger partial charge in [0.1, 0.15) is 11.3 Å². The molecule has 0 saturated heterocycles. The molecule has 3 aromatic rings. The van der Waals surface area contributed by atoms with Gasteiger partial charge in [0, 0.05) is 11.5 Å². The van der Waals surface area contributed by atoms with Gasteiger partial charge in [0.05, 0.1) is 27.8 Å². The summed E-state index contributed by atoms with van der Waals surface area (Å²) < 4.78 is 11.5. The van der Waals surface area contributed by atoms with Gasteiger partial charge in [-0.25, -0.2) is 4.79 Å². The largest absolute Gasteiger partial charge is 0.473 e. The van der Waals surface area contributed by atoms with Crippen molar-refractivity contribution in [2.24, 2.45) is 0 Å². The van der Waals surface area contributed by atoms with Crippen LogP contribution >= 0.6 is 23.2 Å². The third-order valence-electron chi connectivity index (χ3n) is 4.85. The molecule has 0 atom stereocenters. The van der Waals surface area contributed by atoms with Crippen molar-refractivity contribution in [2.45, 2.75) is 32.7 Å². The molecule has 0 N–H and O–H groups in total. The Labute approximate surface area is 167 Å². The summed E-state index contributed by atoms with van der Waals surface area (Å²) in [5, 5.41) is 1.94. The molecule has 1 aromatic heterocycles. The minimum atomic E-state index is -0.333. The summed E-state index contributed by atoms with van der Waals surface area (Å²) in [7, 11) is 0. The number of fused-ring (bicyclic) bond motifs is 3. The predicted molar refractivity (Wildman–Crippen MR) is 109 cm³/mol. The lowest BCUT2D eigenvalue weighted by Crippen LogP contribution is -2.32. The quantitative estimate of drug-likeness (QED) is 0.516. The van der Waals surface area contributed by atoms with Crippen LogP contribution in [0.5, 0.6) is 5.75 Å². The second-order valence-electron chi connectivity index (χ2n) is 6.66. The molecule has 0 unspecified atom stereocenters. The van der Waals surface area contributed by atoms with Crippen LogP contribution in [0.3, 0.4) is 0 Å². The van der Waals surface area contributed by atoms with Crippen molar-refractivity contribution < 1.29 is 9.15 Å². The van der Waals surface area contributed by atoms with Crippen molar-refractivity contribution in [3.63, 3.8) is 0 Å². The number of rotatable bonds is 4. The van der Waals surface area contributed by atoms with E-state index < -0.39 is 0 Å². The second-order valence-corrected chi connectivity index (χ2v) is 7.44. The number of hydrogen-bond acceptors (Lipinski definition) is 4. The minimum absolute atomic E-state index is 0.333. The van der Waals surface area contributed by atoms with E-state index in [-0.39, 0.29) is 5.63 Å². The first-order chi connectivity index (χ1) is 13.1. The number of ether oxygens (including phenoxy) is 1. The van der Waals surface area contributed by atoms with E-state index in [4.69, 9.17) is 32.4 Å². The fourth-order valence-electron chi connectivity index (χ4n) is 3.46. The topological polar surface area (TPSA) is 42.7 Å². The molecule has 4 rings (SSSR count). The molecule has 140 valence electrons. The zero-order chi connectivity index (χ0) is 19.0. The average Bonchev–Trinajstić information content (AvgIpc) is 2.67. The van der Waals surface area contributed by atoms with E-state index in [0.29, 0.717) is 28.9 Å². The Kier molecular flexibility index (Phi) is 5.02. The fourth-order valence-corrected chi connectivity index (χ4v) is 3.88. The first-order valence-corrected chi connectivity index (χ1v) is 9.74. The van der Waals surface area contributed by atoms with Crippen LogP contribution in [0, 0.1) is 0 Å². The van der Waals surface area contributed by atoms with Gasteiger partial charge in [-0.3, -0.25) is 0 Å². The Balaban J connectivity index is 1.81. The number of benzene rings is 2. The van der Waals surface area contributed by atoms with Crippen molar-refractivity contribution in [1.82, 2.24) is 0 Å². The molecule has 0 radical (unpaired) electrons. The lowest BCUT2D eigenvalue weighted by Gasteiger charge is -2.31. The standard InChI is InChI=1S/C21H19Cl2NO3/c1-2-3-5-13-10-19(25)27-21-14(13)8-9-18-15(21)11-24(12-26-18)17-7-4-6-16(22)20(17)23/h4,6-10H,2-3,5,11-12H2,1H3. The molecule has 0 saturated carbocycles. The molecule has 4 nitrogen and oxygen atoms in total. The number of nitrogens with zero attached hydrogens (tertiary/aromatic N) is 1. The first kappa shape index (κ1) is 18.2. The van der Waals surface area contributed by atoms with E-state index >= 15 is 0 Å². The maximum atomic E-state index is 12.1. The highest BCUT2D eigenvalue weighted by molar-refractivity contribution is 6.43. The molecule has 0 fully saturated rings. The smallest absolute Gasteiger partial charge is 0.336 e. The molecule has 1 aliphatic rings. The van der Waals surface area contributed by atoms with Crippen LogP contribution < -0.4 is 15.3 Å². The van der Waals surface area contributed by atoms with Gasteiger partial charge in [-0.1, -0.05) is 42.6 Å². The average molecular weight is 404 g/mol. The number of anilines is 1. The third kappa shape index (κ3) is 3.40. The van der Waals surface area contributed by atoms with Crippen LogP contribution in [0.15, 0.2) is 45.6 Å². The maximum Gasteiger partial charge on any atom is 0.336 e. The molecule has 0 bridgehead atoms. The summed E-state index contributed by atoms with van der Waals surface area (Å²) in [5.41, 5.74) is 2.92. The Bertz CT molecular complexity index is 1060. The number of halogens is 2. The van der Waals surface area contributed by atoms with E-state index in [9.17, 15) is 4.79 Å². The van der Waals surface area contributed by atoms with Gasteiger partial charge in [-0.15, -0.1) is 0 Å². The molecular weight excluding hydrogens is 385 g/mol. The summed E-state index contributed by atoms with van der Waals surface area (Å²) in [6.45, 7) is 3.00. The summed E-state index contributed by atoms with van der Waals surface area (Å²) in [5.74, 6) is 0.729. The van der Waals surface area contributed by atoms with Gasteiger partial charge in [0.25, 0.3) is 0 Å². The monoisotopic (exact) mass is 403 g/mol. The molecular formula is C21H19Cl2NO3. The SMILES string of the molecule is CCCCc1cc(=O)oc2c3c(ccc12)OCN(c1cccc(Cl)c1Cl)C3. The Morgan fingerprint density at radius 3 is 2.85 bits per heavy atom. The summed E-state index contributed by atoms with van der Waals surface area (Å²) in [4.78, 5) is 14.1. The molecule has 1 aliphatic heterocycles. The van der Waals surface area contributed by atoms with E-state index in [2.05, 4.69) is 6.92 Å². The number of aryl methyl sites for hydroxylation is 1. The van der Waals surface area contributed by atoms with Gasteiger partial charge < -0.3 is 14.1 Å². The normalized spacial score (nSPS) is 13.5. The van der Waals surface area contributed by atoms with E-state index in [1.807, 2.05) is 29.2 Å². The van der Waals surface area contributed by atoms with E-state index in [0.717, 1.165) is 47.2 Å². The van der Waals surface area contributed by atoms with Crippen LogP contribution in [-0.2, 0) is 13.0 Å². The Morgan fingerprint density at radius 1 is 1.19 bits per heavy atom. The van der Waals surface area contributed by atoms with Crippen LogP contribution in [0.25, 0.3) is 11.0 Å². The zero-order valence-electron chi connectivity index (χ0n) is 14.9. The highest BCUT2D eigenvalue weighted by Crippen LogP contribution is 2.38. The summed E-state index contributed by atoms with van der Waals surface area (Å²) >= 11 is 12.5. The highest BCUT2D eigenvalue weighted by Gasteiger charge is 2.24. The predicted octanol–water partition coefficient (Wildman–Crippen LogP) is 5.80. The Hall–Kier alpha value is -2.17. The summed E-state index contributed by atoms with van der Waals surface area (Å²) in [6, 6.07) is 11.0. The highest BCUT2D eigenvalue weighted by atomic mass is 35.5. The van der Waals surface area contributed by atoms with Crippen LogP contribution in [0.2, 0.25) is 10.0 Å². The third-order valence-corrected chi connectivity index (χ3v) is 5.66. The molecule has 6 heteroatoms. The molecule has 0 aliphatic carbocycles. The molecule has 0 spiro atoms. The van der Waals surface area contributed by atoms with Gasteiger partial charge in [-0.05, 0) is 42.7 Å². The lowest BCUT2D eigenvalue weighted by molar-refractivity contribution is 0.289. The molecule has 2 aromatic carbocycles. The Morgan fingerprint density at radius 2 is 2.04 bits per heavy atom. The minimum Gasteiger partial charge on any atom is -0.473 e. The van der Waals surface area contributed by atoms with Crippen molar-refractivity contribution in [1.29, 1.82) is 0 Å². The second kappa shape index (κ2) is 7.45. The number of hydrogen-bond donors (Lipinski definition) is 0. The van der Waals surface area contributed by atoms with E-state index in [1.165, 1.54) is 0 Å². The zero-order valence-corrected chi connectivity index (χ0v) is 16.4. The lowest BCUT2D eigenvalue weighted by atomic mass is 10.0. The molecule has 2 heterocycles. The van der Waals surface area contributed by atoms with Gasteiger partial charge in [-0.2, -0.15) is 0 Å². The van der Waals surface area contributed by atoms with Crippen LogP contribution in [0.4, 0.5) is 5.69 Å². The summed E-state index contributed by atoms with van der Waals surface area (Å²) in [6.07, 6.45) is 2.94. The molecule has 0 amide bonds. The molecule has 27 heavy (non-hydrogen) atoms. The van der Waals surface area contributed by atoms with Gasteiger partial charge in [0.2, 0.25) is 0 Å².